The number of halogens is 3. The maximum absolute atomic E-state index is 13.9. The van der Waals surface area contributed by atoms with Crippen LogP contribution in [0, 0.1) is 18.6 Å². The van der Waals surface area contributed by atoms with Gasteiger partial charge in [0.2, 0.25) is 0 Å². The molecule has 11 heteroatoms. The van der Waals surface area contributed by atoms with Crippen molar-refractivity contribution in [2.75, 3.05) is 0 Å². The highest BCUT2D eigenvalue weighted by Gasteiger charge is 2.20. The molecule has 0 aromatic carbocycles. The fourth-order valence-electron chi connectivity index (χ4n) is 3.58. The lowest BCUT2D eigenvalue weighted by Crippen LogP contribution is -2.24. The highest BCUT2D eigenvalue weighted by atomic mass is 35.5. The number of aryl methyl sites for hydroxylation is 1. The minimum absolute atomic E-state index is 0.0368. The summed E-state index contributed by atoms with van der Waals surface area (Å²) in [5, 5.41) is 9.91. The molecule has 0 aliphatic carbocycles. The number of hydrogen-bond acceptors (Lipinski definition) is 7. The molecule has 0 fully saturated rings. The molecule has 8 nitrogen and oxygen atoms in total. The molecule has 3 heterocycles. The SMILES string of the molecule is C=C(C)/C(=C(/C)C=NCc1ccnc(C(C)(C)O)n1)n1c(C)cc(OCc2ncc(F)cc2F)c(Cl)c1=O. The van der Waals surface area contributed by atoms with Crippen molar-refractivity contribution in [2.24, 2.45) is 4.99 Å². The highest BCUT2D eigenvalue weighted by Crippen LogP contribution is 2.27. The lowest BCUT2D eigenvalue weighted by molar-refractivity contribution is 0.0684. The van der Waals surface area contributed by atoms with E-state index in [4.69, 9.17) is 16.3 Å². The van der Waals surface area contributed by atoms with Gasteiger partial charge in [-0.3, -0.25) is 19.3 Å². The zero-order valence-electron chi connectivity index (χ0n) is 21.7. The molecule has 3 rings (SSSR count). The third-order valence-electron chi connectivity index (χ3n) is 5.35. The molecule has 0 aliphatic heterocycles. The van der Waals surface area contributed by atoms with E-state index in [9.17, 15) is 18.7 Å². The Balaban J connectivity index is 1.90. The van der Waals surface area contributed by atoms with E-state index in [-0.39, 0.29) is 35.4 Å². The summed E-state index contributed by atoms with van der Waals surface area (Å²) in [6.45, 7) is 12.3. The fraction of sp³-hybridized carbons (Fsp3) is 0.296. The van der Waals surface area contributed by atoms with Crippen LogP contribution in [-0.4, -0.2) is 30.8 Å². The van der Waals surface area contributed by atoms with Crippen molar-refractivity contribution in [3.05, 3.63) is 98.2 Å². The van der Waals surface area contributed by atoms with Gasteiger partial charge in [-0.2, -0.15) is 0 Å². The molecule has 3 aromatic rings. The number of ether oxygens (including phenoxy) is 1. The Morgan fingerprint density at radius 3 is 2.63 bits per heavy atom. The average Bonchev–Trinajstić information content (AvgIpc) is 2.83. The minimum atomic E-state index is -1.18. The first-order valence-corrected chi connectivity index (χ1v) is 11.9. The van der Waals surface area contributed by atoms with Crippen molar-refractivity contribution in [3.63, 3.8) is 0 Å². The first-order chi connectivity index (χ1) is 17.8. The summed E-state index contributed by atoms with van der Waals surface area (Å²) in [4.78, 5) is 29.8. The molecule has 0 amide bonds. The summed E-state index contributed by atoms with van der Waals surface area (Å²) in [5.41, 5.74) is 0.953. The summed E-state index contributed by atoms with van der Waals surface area (Å²) < 4.78 is 34.0. The van der Waals surface area contributed by atoms with Gasteiger partial charge < -0.3 is 9.84 Å². The van der Waals surface area contributed by atoms with Crippen LogP contribution in [0.15, 0.2) is 58.1 Å². The minimum Gasteiger partial charge on any atom is -0.485 e. The van der Waals surface area contributed by atoms with E-state index in [1.165, 1.54) is 10.6 Å². The van der Waals surface area contributed by atoms with E-state index in [2.05, 4.69) is 26.5 Å². The standard InChI is InChI=1S/C27H28ClF2N5O3/c1-15(2)24(16(3)11-31-13-19-7-8-32-26(34-19)27(5,6)37)35-17(4)9-22(23(28)25(35)36)38-14-21-20(30)10-18(29)12-33-21/h7-12,37H,1,13-14H2,2-6H3/b24-16+,31-11?. The summed E-state index contributed by atoms with van der Waals surface area (Å²) in [7, 11) is 0. The molecule has 38 heavy (non-hydrogen) atoms. The molecule has 0 unspecified atom stereocenters. The summed E-state index contributed by atoms with van der Waals surface area (Å²) in [5.74, 6) is -1.35. The second-order valence-corrected chi connectivity index (χ2v) is 9.57. The van der Waals surface area contributed by atoms with Gasteiger partial charge in [-0.25, -0.2) is 18.7 Å². The zero-order valence-corrected chi connectivity index (χ0v) is 22.5. The number of nitrogens with zero attached hydrogens (tertiary/aromatic N) is 5. The van der Waals surface area contributed by atoms with Crippen LogP contribution in [0.5, 0.6) is 5.75 Å². The lowest BCUT2D eigenvalue weighted by Gasteiger charge is -2.18. The highest BCUT2D eigenvalue weighted by molar-refractivity contribution is 6.31. The first kappa shape index (κ1) is 28.8. The van der Waals surface area contributed by atoms with Crippen LogP contribution in [0.2, 0.25) is 5.02 Å². The van der Waals surface area contributed by atoms with Crippen LogP contribution in [0.4, 0.5) is 8.78 Å². The molecule has 0 radical (unpaired) electrons. The van der Waals surface area contributed by atoms with Crippen LogP contribution in [0.1, 0.15) is 50.6 Å². The Hall–Kier alpha value is -3.76. The van der Waals surface area contributed by atoms with E-state index in [1.807, 2.05) is 0 Å². The quantitative estimate of drug-likeness (QED) is 0.295. The van der Waals surface area contributed by atoms with E-state index in [0.717, 1.165) is 6.20 Å². The second kappa shape index (κ2) is 11.7. The first-order valence-electron chi connectivity index (χ1n) is 11.6. The third-order valence-corrected chi connectivity index (χ3v) is 5.70. The van der Waals surface area contributed by atoms with Gasteiger partial charge in [0.25, 0.3) is 5.56 Å². The van der Waals surface area contributed by atoms with Crippen LogP contribution in [0.25, 0.3) is 5.70 Å². The van der Waals surface area contributed by atoms with Gasteiger partial charge in [0.1, 0.15) is 34.5 Å². The topological polar surface area (TPSA) is 102 Å². The number of pyridine rings is 2. The number of rotatable bonds is 9. The van der Waals surface area contributed by atoms with Gasteiger partial charge in [0.15, 0.2) is 11.6 Å². The predicted octanol–water partition coefficient (Wildman–Crippen LogP) is 5.16. The maximum Gasteiger partial charge on any atom is 0.277 e. The van der Waals surface area contributed by atoms with Crippen molar-refractivity contribution in [1.29, 1.82) is 0 Å². The van der Waals surface area contributed by atoms with Gasteiger partial charge in [-0.05, 0) is 51.8 Å². The molecule has 0 spiro atoms. The molecule has 0 atom stereocenters. The Morgan fingerprint density at radius 1 is 1.29 bits per heavy atom. The summed E-state index contributed by atoms with van der Waals surface area (Å²) in [6.07, 6.45) is 4.03. The molecule has 0 bridgehead atoms. The van der Waals surface area contributed by atoms with Gasteiger partial charge in [0.05, 0.1) is 24.1 Å². The second-order valence-electron chi connectivity index (χ2n) is 9.19. The van der Waals surface area contributed by atoms with Crippen molar-refractivity contribution < 1.29 is 18.6 Å². The number of hydrogen-bond donors (Lipinski definition) is 1. The van der Waals surface area contributed by atoms with Gasteiger partial charge in [0, 0.05) is 30.2 Å². The van der Waals surface area contributed by atoms with E-state index in [0.29, 0.717) is 34.3 Å². The van der Waals surface area contributed by atoms with Gasteiger partial charge in [-0.15, -0.1) is 0 Å². The Labute approximate surface area is 224 Å². The molecular formula is C27H28ClF2N5O3. The molecule has 200 valence electrons. The molecule has 3 aromatic heterocycles. The van der Waals surface area contributed by atoms with Crippen LogP contribution < -0.4 is 10.3 Å². The number of aliphatic imine (C=N–C) groups is 1. The zero-order chi connectivity index (χ0) is 28.2. The van der Waals surface area contributed by atoms with Crippen LogP contribution in [0.3, 0.4) is 0 Å². The van der Waals surface area contributed by atoms with E-state index < -0.39 is 22.8 Å². The third kappa shape index (κ3) is 6.76. The molecule has 0 saturated carbocycles. The average molecular weight is 544 g/mol. The molecule has 0 saturated heterocycles. The smallest absolute Gasteiger partial charge is 0.277 e. The monoisotopic (exact) mass is 543 g/mol. The lowest BCUT2D eigenvalue weighted by atomic mass is 10.1. The van der Waals surface area contributed by atoms with Crippen molar-refractivity contribution in [3.8, 4) is 5.75 Å². The van der Waals surface area contributed by atoms with Crippen molar-refractivity contribution in [2.45, 2.75) is 53.4 Å². The number of allylic oxidation sites excluding steroid dienone is 3. The van der Waals surface area contributed by atoms with E-state index >= 15 is 0 Å². The number of aliphatic hydroxyl groups is 1. The number of aromatic nitrogens is 4. The Kier molecular flexibility index (Phi) is 8.90. The fourth-order valence-corrected chi connectivity index (χ4v) is 3.77. The largest absolute Gasteiger partial charge is 0.485 e. The summed E-state index contributed by atoms with van der Waals surface area (Å²) >= 11 is 6.34. The molecule has 0 aliphatic rings. The predicted molar refractivity (Wildman–Crippen MR) is 142 cm³/mol. The maximum atomic E-state index is 13.9. The van der Waals surface area contributed by atoms with E-state index in [1.54, 1.807) is 53.1 Å². The summed E-state index contributed by atoms with van der Waals surface area (Å²) in [6, 6.07) is 3.94. The van der Waals surface area contributed by atoms with Gasteiger partial charge in [-0.1, -0.05) is 18.2 Å². The van der Waals surface area contributed by atoms with Gasteiger partial charge >= 0.3 is 0 Å². The molecule has 1 N–H and O–H groups in total. The van der Waals surface area contributed by atoms with Crippen LogP contribution >= 0.6 is 11.6 Å². The Bertz CT molecular complexity index is 1490. The van der Waals surface area contributed by atoms with Crippen molar-refractivity contribution >= 4 is 23.5 Å². The molecular weight excluding hydrogens is 516 g/mol. The van der Waals surface area contributed by atoms with Crippen LogP contribution in [-0.2, 0) is 18.8 Å². The normalized spacial score (nSPS) is 12.6. The van der Waals surface area contributed by atoms with Crippen molar-refractivity contribution in [1.82, 2.24) is 19.5 Å². The Morgan fingerprint density at radius 2 is 2.00 bits per heavy atom.